The summed E-state index contributed by atoms with van der Waals surface area (Å²) in [5.74, 6) is -1.48. The third-order valence-corrected chi connectivity index (χ3v) is 3.12. The second-order valence-electron chi connectivity index (χ2n) is 5.10. The zero-order valence-electron chi connectivity index (χ0n) is 11.4. The SMILES string of the molecule is CC(C)[C@H](NC(=O)Cc1ccc2cn[nH]c2c1)C(=O)O. The van der Waals surface area contributed by atoms with Crippen molar-refractivity contribution in [1.29, 1.82) is 0 Å². The van der Waals surface area contributed by atoms with E-state index in [1.807, 2.05) is 18.2 Å². The molecule has 6 heteroatoms. The summed E-state index contributed by atoms with van der Waals surface area (Å²) in [7, 11) is 0. The Hall–Kier alpha value is -2.37. The number of benzene rings is 1. The molecule has 2 rings (SSSR count). The number of fused-ring (bicyclic) bond motifs is 1. The molecule has 1 atom stereocenters. The van der Waals surface area contributed by atoms with Gasteiger partial charge in [0.05, 0.1) is 18.1 Å². The van der Waals surface area contributed by atoms with Crippen molar-refractivity contribution >= 4 is 22.8 Å². The first kappa shape index (κ1) is 14.0. The Morgan fingerprint density at radius 3 is 2.80 bits per heavy atom. The highest BCUT2D eigenvalue weighted by Crippen LogP contribution is 2.13. The number of hydrogen-bond acceptors (Lipinski definition) is 3. The third-order valence-electron chi connectivity index (χ3n) is 3.12. The van der Waals surface area contributed by atoms with Crippen molar-refractivity contribution in [2.75, 3.05) is 0 Å². The molecule has 2 aromatic rings. The first-order valence-electron chi connectivity index (χ1n) is 6.41. The van der Waals surface area contributed by atoms with E-state index in [4.69, 9.17) is 5.11 Å². The smallest absolute Gasteiger partial charge is 0.326 e. The number of nitrogens with zero attached hydrogens (tertiary/aromatic N) is 1. The predicted octanol–water partition coefficient (Wildman–Crippen LogP) is 1.33. The van der Waals surface area contributed by atoms with Crippen LogP contribution in [0.15, 0.2) is 24.4 Å². The fourth-order valence-electron chi connectivity index (χ4n) is 2.02. The van der Waals surface area contributed by atoms with E-state index >= 15 is 0 Å². The minimum atomic E-state index is -1.02. The van der Waals surface area contributed by atoms with Gasteiger partial charge in [-0.05, 0) is 17.5 Å². The summed E-state index contributed by atoms with van der Waals surface area (Å²) in [6.45, 7) is 3.52. The standard InChI is InChI=1S/C14H17N3O3/c1-8(2)13(14(19)20)16-12(18)6-9-3-4-10-7-15-17-11(10)5-9/h3-5,7-8,13H,6H2,1-2H3,(H,15,17)(H,16,18)(H,19,20)/t13-/m0/s1. The zero-order chi connectivity index (χ0) is 14.7. The lowest BCUT2D eigenvalue weighted by Gasteiger charge is -2.17. The minimum absolute atomic E-state index is 0.144. The number of aliphatic carboxylic acids is 1. The molecule has 6 nitrogen and oxygen atoms in total. The van der Waals surface area contributed by atoms with E-state index in [1.165, 1.54) is 0 Å². The average molecular weight is 275 g/mol. The van der Waals surface area contributed by atoms with E-state index in [1.54, 1.807) is 20.0 Å². The van der Waals surface area contributed by atoms with Crippen LogP contribution < -0.4 is 5.32 Å². The number of hydrogen-bond donors (Lipinski definition) is 3. The summed E-state index contributed by atoms with van der Waals surface area (Å²) < 4.78 is 0. The Morgan fingerprint density at radius 2 is 2.15 bits per heavy atom. The van der Waals surface area contributed by atoms with Crippen molar-refractivity contribution in [2.45, 2.75) is 26.3 Å². The van der Waals surface area contributed by atoms with Crippen LogP contribution in [-0.2, 0) is 16.0 Å². The average Bonchev–Trinajstić information content (AvgIpc) is 2.82. The summed E-state index contributed by atoms with van der Waals surface area (Å²) in [5, 5.41) is 19.3. The number of H-pyrrole nitrogens is 1. The highest BCUT2D eigenvalue weighted by Gasteiger charge is 2.23. The molecular formula is C14H17N3O3. The lowest BCUT2D eigenvalue weighted by molar-refractivity contribution is -0.143. The van der Waals surface area contributed by atoms with Crippen LogP contribution in [-0.4, -0.2) is 33.2 Å². The molecule has 0 saturated carbocycles. The minimum Gasteiger partial charge on any atom is -0.480 e. The van der Waals surface area contributed by atoms with Gasteiger partial charge in [0.1, 0.15) is 6.04 Å². The van der Waals surface area contributed by atoms with Crippen LogP contribution in [0, 0.1) is 5.92 Å². The highest BCUT2D eigenvalue weighted by molar-refractivity contribution is 5.86. The second kappa shape index (κ2) is 5.73. The van der Waals surface area contributed by atoms with Crippen LogP contribution in [0.25, 0.3) is 10.9 Å². The summed E-state index contributed by atoms with van der Waals surface area (Å²) in [4.78, 5) is 22.9. The number of carbonyl (C=O) groups excluding carboxylic acids is 1. The van der Waals surface area contributed by atoms with Gasteiger partial charge in [0.25, 0.3) is 0 Å². The molecule has 20 heavy (non-hydrogen) atoms. The van der Waals surface area contributed by atoms with Crippen LogP contribution >= 0.6 is 0 Å². The van der Waals surface area contributed by atoms with Gasteiger partial charge in [-0.3, -0.25) is 9.89 Å². The van der Waals surface area contributed by atoms with Crippen molar-refractivity contribution in [2.24, 2.45) is 5.92 Å². The normalized spacial score (nSPS) is 12.6. The van der Waals surface area contributed by atoms with E-state index in [0.29, 0.717) is 0 Å². The van der Waals surface area contributed by atoms with Gasteiger partial charge in [-0.1, -0.05) is 26.0 Å². The Bertz CT molecular complexity index is 633. The van der Waals surface area contributed by atoms with Crippen molar-refractivity contribution in [1.82, 2.24) is 15.5 Å². The van der Waals surface area contributed by atoms with Crippen molar-refractivity contribution in [3.63, 3.8) is 0 Å². The molecule has 0 aliphatic rings. The maximum atomic E-state index is 11.9. The number of aromatic amines is 1. The summed E-state index contributed by atoms with van der Waals surface area (Å²) >= 11 is 0. The number of carbonyl (C=O) groups is 2. The fraction of sp³-hybridized carbons (Fsp3) is 0.357. The third kappa shape index (κ3) is 3.14. The molecule has 106 valence electrons. The lowest BCUT2D eigenvalue weighted by atomic mass is 10.0. The van der Waals surface area contributed by atoms with Gasteiger partial charge in [0, 0.05) is 5.39 Å². The molecule has 0 aliphatic heterocycles. The van der Waals surface area contributed by atoms with Gasteiger partial charge in [-0.2, -0.15) is 5.10 Å². The fourth-order valence-corrected chi connectivity index (χ4v) is 2.02. The molecule has 0 aliphatic carbocycles. The monoisotopic (exact) mass is 275 g/mol. The van der Waals surface area contributed by atoms with Gasteiger partial charge in [0.15, 0.2) is 0 Å². The summed E-state index contributed by atoms with van der Waals surface area (Å²) in [5.41, 5.74) is 1.67. The number of aromatic nitrogens is 2. The molecule has 1 aromatic heterocycles. The Kier molecular flexibility index (Phi) is 4.02. The Morgan fingerprint density at radius 1 is 1.40 bits per heavy atom. The molecule has 0 unspecified atom stereocenters. The van der Waals surface area contributed by atoms with Crippen LogP contribution in [0.3, 0.4) is 0 Å². The second-order valence-corrected chi connectivity index (χ2v) is 5.10. The topological polar surface area (TPSA) is 95.1 Å². The Balaban J connectivity index is 2.05. The Labute approximate surface area is 116 Å². The molecule has 1 amide bonds. The lowest BCUT2D eigenvalue weighted by Crippen LogP contribution is -2.44. The molecule has 0 bridgehead atoms. The van der Waals surface area contributed by atoms with Crippen molar-refractivity contribution < 1.29 is 14.7 Å². The predicted molar refractivity (Wildman–Crippen MR) is 74.2 cm³/mol. The van der Waals surface area contributed by atoms with Gasteiger partial charge in [0.2, 0.25) is 5.91 Å². The number of carboxylic acids is 1. The van der Waals surface area contributed by atoms with Gasteiger partial charge in [-0.15, -0.1) is 0 Å². The molecule has 1 aromatic carbocycles. The van der Waals surface area contributed by atoms with Gasteiger partial charge >= 0.3 is 5.97 Å². The zero-order valence-corrected chi connectivity index (χ0v) is 11.4. The number of nitrogens with one attached hydrogen (secondary N) is 2. The number of rotatable bonds is 5. The van der Waals surface area contributed by atoms with Crippen molar-refractivity contribution in [3.05, 3.63) is 30.0 Å². The van der Waals surface area contributed by atoms with Crippen LogP contribution in [0.5, 0.6) is 0 Å². The number of amides is 1. The summed E-state index contributed by atoms with van der Waals surface area (Å²) in [6, 6.07) is 4.69. The van der Waals surface area contributed by atoms with Gasteiger partial charge in [-0.25, -0.2) is 4.79 Å². The molecule has 1 heterocycles. The van der Waals surface area contributed by atoms with Crippen LogP contribution in [0.1, 0.15) is 19.4 Å². The largest absolute Gasteiger partial charge is 0.480 e. The molecule has 3 N–H and O–H groups in total. The first-order chi connectivity index (χ1) is 9.47. The summed E-state index contributed by atoms with van der Waals surface area (Å²) in [6.07, 6.45) is 1.85. The van der Waals surface area contributed by atoms with E-state index in [9.17, 15) is 9.59 Å². The highest BCUT2D eigenvalue weighted by atomic mass is 16.4. The van der Waals surface area contributed by atoms with E-state index in [0.717, 1.165) is 16.5 Å². The van der Waals surface area contributed by atoms with E-state index in [-0.39, 0.29) is 18.2 Å². The maximum absolute atomic E-state index is 11.9. The molecule has 0 fully saturated rings. The maximum Gasteiger partial charge on any atom is 0.326 e. The molecular weight excluding hydrogens is 258 g/mol. The van der Waals surface area contributed by atoms with Crippen LogP contribution in [0.2, 0.25) is 0 Å². The van der Waals surface area contributed by atoms with Gasteiger partial charge < -0.3 is 10.4 Å². The van der Waals surface area contributed by atoms with E-state index in [2.05, 4.69) is 15.5 Å². The molecule has 0 radical (unpaired) electrons. The molecule has 0 spiro atoms. The first-order valence-corrected chi connectivity index (χ1v) is 6.41. The van der Waals surface area contributed by atoms with Crippen molar-refractivity contribution in [3.8, 4) is 0 Å². The number of carboxylic acid groups (broad SMARTS) is 1. The van der Waals surface area contributed by atoms with E-state index < -0.39 is 12.0 Å². The molecule has 0 saturated heterocycles. The van der Waals surface area contributed by atoms with Crippen LogP contribution in [0.4, 0.5) is 0 Å². The quantitative estimate of drug-likeness (QED) is 0.767.